The molecule has 3 aromatic carbocycles. The molecule has 0 aromatic heterocycles. The predicted octanol–water partition coefficient (Wildman–Crippen LogP) is 9.30. The van der Waals surface area contributed by atoms with Crippen LogP contribution >= 0.6 is 46.4 Å². The van der Waals surface area contributed by atoms with Gasteiger partial charge in [-0.05, 0) is 47.4 Å². The first kappa shape index (κ1) is 33.5. The number of Topliss-reactive ketones (excluding diaryl/α,β-unsaturated/α-hetero) is 1. The Balaban J connectivity index is 1.48. The zero-order chi connectivity index (χ0) is 30.6. The number of carbonyl (C=O) groups excluding carboxylic acids is 1. The zero-order valence-corrected chi connectivity index (χ0v) is 26.2. The van der Waals surface area contributed by atoms with Crippen molar-refractivity contribution in [2.24, 2.45) is 0 Å². The van der Waals surface area contributed by atoms with Gasteiger partial charge in [0.2, 0.25) is 6.54 Å². The van der Waals surface area contributed by atoms with Crippen molar-refractivity contribution in [1.82, 2.24) is 0 Å². The van der Waals surface area contributed by atoms with Crippen LogP contribution in [0.3, 0.4) is 0 Å². The number of ketones is 1. The molecule has 0 radical (unpaired) electrons. The van der Waals surface area contributed by atoms with Gasteiger partial charge in [0.1, 0.15) is 22.6 Å². The Morgan fingerprint density at radius 1 is 0.881 bits per heavy atom. The van der Waals surface area contributed by atoms with E-state index in [1.165, 1.54) is 6.08 Å². The van der Waals surface area contributed by atoms with Crippen molar-refractivity contribution in [3.8, 4) is 17.2 Å². The number of carbonyl (C=O) groups is 1. The van der Waals surface area contributed by atoms with Crippen molar-refractivity contribution in [1.29, 1.82) is 0 Å². The van der Waals surface area contributed by atoms with Crippen LogP contribution in [0.2, 0.25) is 10.0 Å². The van der Waals surface area contributed by atoms with Crippen molar-refractivity contribution >= 4 is 52.2 Å². The molecule has 0 N–H and O–H groups in total. The van der Waals surface area contributed by atoms with Gasteiger partial charge in [0, 0.05) is 35.5 Å². The highest BCUT2D eigenvalue weighted by Gasteiger charge is 2.22. The Morgan fingerprint density at radius 2 is 1.48 bits per heavy atom. The maximum Gasteiger partial charge on any atom is 0.211 e. The summed E-state index contributed by atoms with van der Waals surface area (Å²) in [4.78, 5) is 23.9. The molecule has 1 atom stereocenters. The molecule has 0 heterocycles. The molecule has 0 bridgehead atoms. The van der Waals surface area contributed by atoms with Gasteiger partial charge in [0.05, 0.1) is 29.2 Å². The molecule has 0 fully saturated rings. The van der Waals surface area contributed by atoms with Gasteiger partial charge < -0.3 is 14.2 Å². The summed E-state index contributed by atoms with van der Waals surface area (Å²) < 4.78 is 17.1. The molecule has 0 saturated heterocycles. The second-order valence-corrected chi connectivity index (χ2v) is 11.6. The molecule has 0 amide bonds. The minimum absolute atomic E-state index is 0.0383. The third kappa shape index (κ3) is 10.7. The van der Waals surface area contributed by atoms with E-state index in [-0.39, 0.29) is 34.8 Å². The van der Waals surface area contributed by atoms with E-state index in [0.717, 1.165) is 11.1 Å². The number of rotatable bonds is 16. The van der Waals surface area contributed by atoms with Crippen LogP contribution in [0.15, 0.2) is 71.2 Å². The topological polar surface area (TPSA) is 87.9 Å². The monoisotopic (exact) mass is 653 g/mol. The van der Waals surface area contributed by atoms with Crippen LogP contribution in [-0.2, 0) is 0 Å². The van der Waals surface area contributed by atoms with Crippen molar-refractivity contribution in [2.75, 3.05) is 26.4 Å². The van der Waals surface area contributed by atoms with E-state index < -0.39 is 5.92 Å². The van der Waals surface area contributed by atoms with Gasteiger partial charge in [-0.25, -0.2) is 0 Å². The van der Waals surface area contributed by atoms with Gasteiger partial charge in [0.25, 0.3) is 0 Å². The molecule has 1 unspecified atom stereocenters. The largest absolute Gasteiger partial charge is 0.493 e. The fraction of sp³-hybridized carbons (Fsp3) is 0.323. The molecule has 0 aliphatic rings. The fourth-order valence-electron chi connectivity index (χ4n) is 4.08. The van der Waals surface area contributed by atoms with Crippen LogP contribution in [-0.4, -0.2) is 37.1 Å². The van der Waals surface area contributed by atoms with Crippen LogP contribution < -0.4 is 14.2 Å². The van der Waals surface area contributed by atoms with Gasteiger partial charge in [-0.15, -0.1) is 0 Å². The maximum atomic E-state index is 13.0. The first-order valence-electron chi connectivity index (χ1n) is 13.3. The number of benzene rings is 3. The Morgan fingerprint density at radius 3 is 2.05 bits per heavy atom. The zero-order valence-electron chi connectivity index (χ0n) is 23.2. The number of hydrogen-bond acceptors (Lipinski definition) is 6. The van der Waals surface area contributed by atoms with E-state index in [2.05, 4.69) is 13.8 Å². The molecule has 224 valence electrons. The second kappa shape index (κ2) is 16.6. The van der Waals surface area contributed by atoms with Gasteiger partial charge >= 0.3 is 0 Å². The fourth-order valence-corrected chi connectivity index (χ4v) is 4.78. The molecule has 0 aliphatic heterocycles. The number of nitrogens with zero attached hydrogens (tertiary/aromatic N) is 1. The molecule has 3 rings (SSSR count). The third-order valence-corrected chi connectivity index (χ3v) is 7.19. The lowest BCUT2D eigenvalue weighted by atomic mass is 9.90. The molecular formula is C31H31Cl4NO6. The summed E-state index contributed by atoms with van der Waals surface area (Å²) in [6, 6.07) is 17.6. The summed E-state index contributed by atoms with van der Waals surface area (Å²) in [5, 5.41) is 11.9. The van der Waals surface area contributed by atoms with Gasteiger partial charge in [0.15, 0.2) is 11.5 Å². The standard InChI is InChI=1S/C31H31Cl4NO6/c1-20(2)21-4-6-22(7-5-21)24(19-36(38)39)16-29(37)23-8-10-25(11-9-23)40-13-3-14-42-31-27(32)17-26(18-28(31)33)41-15-12-30(34)35/h4-12,17-18,20,24H,3,13-16,19H2,1-2H3. The number of hydrogen-bond donors (Lipinski definition) is 0. The molecule has 0 aliphatic carbocycles. The normalized spacial score (nSPS) is 11.6. The van der Waals surface area contributed by atoms with Gasteiger partial charge in [-0.1, -0.05) is 84.5 Å². The van der Waals surface area contributed by atoms with Crippen molar-refractivity contribution in [3.63, 3.8) is 0 Å². The van der Waals surface area contributed by atoms with Crippen molar-refractivity contribution < 1.29 is 23.9 Å². The molecule has 11 heteroatoms. The molecule has 42 heavy (non-hydrogen) atoms. The molecule has 3 aromatic rings. The molecule has 7 nitrogen and oxygen atoms in total. The average Bonchev–Trinajstić information content (AvgIpc) is 2.93. The SMILES string of the molecule is CC(C)c1ccc(C(CC(=O)c2ccc(OCCCOc3c(Cl)cc(OCC=C(Cl)Cl)cc3Cl)cc2)C[N+](=O)[O-])cc1. The van der Waals surface area contributed by atoms with Gasteiger partial charge in [-0.3, -0.25) is 14.9 Å². The minimum Gasteiger partial charge on any atom is -0.493 e. The summed E-state index contributed by atoms with van der Waals surface area (Å²) in [5.74, 6) is 1.04. The predicted molar refractivity (Wildman–Crippen MR) is 168 cm³/mol. The second-order valence-electron chi connectivity index (χ2n) is 9.76. The van der Waals surface area contributed by atoms with Crippen LogP contribution in [0.4, 0.5) is 0 Å². The number of ether oxygens (including phenoxy) is 3. The van der Waals surface area contributed by atoms with Crippen LogP contribution in [0, 0.1) is 10.1 Å². The minimum atomic E-state index is -0.512. The Labute approximate surface area is 265 Å². The van der Waals surface area contributed by atoms with E-state index in [4.69, 9.17) is 60.6 Å². The first-order valence-corrected chi connectivity index (χ1v) is 14.8. The lowest BCUT2D eigenvalue weighted by Gasteiger charge is -2.14. The summed E-state index contributed by atoms with van der Waals surface area (Å²) in [6.07, 6.45) is 2.07. The summed E-state index contributed by atoms with van der Waals surface area (Å²) >= 11 is 23.7. The molecule has 0 saturated carbocycles. The Hall–Kier alpha value is -2.97. The van der Waals surface area contributed by atoms with Crippen LogP contribution in [0.5, 0.6) is 17.2 Å². The first-order chi connectivity index (χ1) is 20.0. The summed E-state index contributed by atoms with van der Waals surface area (Å²) in [7, 11) is 0. The lowest BCUT2D eigenvalue weighted by molar-refractivity contribution is -0.483. The van der Waals surface area contributed by atoms with E-state index in [1.807, 2.05) is 24.3 Å². The smallest absolute Gasteiger partial charge is 0.211 e. The average molecular weight is 655 g/mol. The van der Waals surface area contributed by atoms with E-state index in [9.17, 15) is 14.9 Å². The molecular weight excluding hydrogens is 624 g/mol. The summed E-state index contributed by atoms with van der Waals surface area (Å²) in [5.41, 5.74) is 2.39. The van der Waals surface area contributed by atoms with E-state index >= 15 is 0 Å². The lowest BCUT2D eigenvalue weighted by Crippen LogP contribution is -2.17. The highest BCUT2D eigenvalue weighted by Crippen LogP contribution is 2.37. The van der Waals surface area contributed by atoms with Gasteiger partial charge in [-0.2, -0.15) is 0 Å². The summed E-state index contributed by atoms with van der Waals surface area (Å²) in [6.45, 7) is 4.67. The van der Waals surface area contributed by atoms with Crippen LogP contribution in [0.25, 0.3) is 0 Å². The maximum absolute atomic E-state index is 13.0. The quantitative estimate of drug-likeness (QED) is 0.0662. The van der Waals surface area contributed by atoms with Crippen molar-refractivity contribution in [2.45, 2.75) is 38.5 Å². The van der Waals surface area contributed by atoms with E-state index in [0.29, 0.717) is 58.4 Å². The number of nitro groups is 1. The van der Waals surface area contributed by atoms with Crippen molar-refractivity contribution in [3.05, 3.63) is 108 Å². The van der Waals surface area contributed by atoms with Crippen LogP contribution in [0.1, 0.15) is 60.0 Å². The Kier molecular flexibility index (Phi) is 13.3. The molecule has 0 spiro atoms. The Bertz CT molecular complexity index is 1350. The highest BCUT2D eigenvalue weighted by molar-refractivity contribution is 6.55. The number of halogens is 4. The van der Waals surface area contributed by atoms with E-state index in [1.54, 1.807) is 36.4 Å². The third-order valence-electron chi connectivity index (χ3n) is 6.32. The highest BCUT2D eigenvalue weighted by atomic mass is 35.5.